The second kappa shape index (κ2) is 9.35. The van der Waals surface area contributed by atoms with Crippen molar-refractivity contribution in [3.63, 3.8) is 0 Å². The third-order valence-electron chi connectivity index (χ3n) is 3.28. The number of nitrogens with one attached hydrogen (secondary N) is 1. The van der Waals surface area contributed by atoms with E-state index >= 15 is 0 Å². The van der Waals surface area contributed by atoms with Crippen molar-refractivity contribution in [1.82, 2.24) is 5.32 Å². The van der Waals surface area contributed by atoms with Crippen molar-refractivity contribution < 1.29 is 18.7 Å². The highest BCUT2D eigenvalue weighted by molar-refractivity contribution is 5.67. The highest BCUT2D eigenvalue weighted by Gasteiger charge is 2.02. The van der Waals surface area contributed by atoms with Gasteiger partial charge in [-0.1, -0.05) is 48.6 Å². The van der Waals surface area contributed by atoms with E-state index in [2.05, 4.69) is 5.32 Å². The zero-order valence-electron chi connectivity index (χ0n) is 13.5. The number of halogens is 1. The fraction of sp³-hybridized carbons (Fsp3) is 0.211. The van der Waals surface area contributed by atoms with Crippen LogP contribution in [0.4, 0.5) is 9.18 Å². The summed E-state index contributed by atoms with van der Waals surface area (Å²) >= 11 is 0. The van der Waals surface area contributed by atoms with Gasteiger partial charge in [-0.3, -0.25) is 0 Å². The first-order valence-corrected chi connectivity index (χ1v) is 7.63. The van der Waals surface area contributed by atoms with Gasteiger partial charge in [0.1, 0.15) is 6.61 Å². The van der Waals surface area contributed by atoms with Crippen LogP contribution in [-0.2, 0) is 11.3 Å². The molecule has 0 aromatic heterocycles. The van der Waals surface area contributed by atoms with Crippen LogP contribution in [0.15, 0.2) is 54.6 Å². The van der Waals surface area contributed by atoms with Crippen LogP contribution in [0.25, 0.3) is 6.08 Å². The Morgan fingerprint density at radius 3 is 2.75 bits per heavy atom. The lowest BCUT2D eigenvalue weighted by atomic mass is 10.2. The average Bonchev–Trinajstić information content (AvgIpc) is 2.62. The summed E-state index contributed by atoms with van der Waals surface area (Å²) < 4.78 is 23.3. The lowest BCUT2D eigenvalue weighted by Gasteiger charge is -2.06. The highest BCUT2D eigenvalue weighted by Crippen LogP contribution is 2.19. The largest absolute Gasteiger partial charge is 0.494 e. The van der Waals surface area contributed by atoms with E-state index in [9.17, 15) is 9.18 Å². The Morgan fingerprint density at radius 2 is 2.00 bits per heavy atom. The monoisotopic (exact) mass is 329 g/mol. The first-order valence-electron chi connectivity index (χ1n) is 7.63. The fourth-order valence-electron chi connectivity index (χ4n) is 2.03. The molecule has 0 spiro atoms. The number of rotatable bonds is 7. The van der Waals surface area contributed by atoms with Crippen molar-refractivity contribution in [2.45, 2.75) is 13.0 Å². The van der Waals surface area contributed by atoms with Crippen molar-refractivity contribution in [1.29, 1.82) is 0 Å². The van der Waals surface area contributed by atoms with Gasteiger partial charge in [-0.15, -0.1) is 0 Å². The van der Waals surface area contributed by atoms with E-state index in [4.69, 9.17) is 9.47 Å². The second-order valence-corrected chi connectivity index (χ2v) is 5.07. The van der Waals surface area contributed by atoms with Gasteiger partial charge in [0, 0.05) is 6.54 Å². The first kappa shape index (κ1) is 17.5. The smallest absolute Gasteiger partial charge is 0.407 e. The van der Waals surface area contributed by atoms with Crippen molar-refractivity contribution >= 4 is 12.2 Å². The van der Waals surface area contributed by atoms with Crippen LogP contribution >= 0.6 is 0 Å². The standard InChI is InChI=1S/C19H20FNO3/c1-23-18-13-15(10-11-17(18)20)7-5-6-12-21-19(22)24-14-16-8-3-2-4-9-16/h2-5,7-11,13H,6,12,14H2,1H3,(H,21,22). The summed E-state index contributed by atoms with van der Waals surface area (Å²) in [4.78, 5) is 11.6. The number of benzene rings is 2. The summed E-state index contributed by atoms with van der Waals surface area (Å²) in [5, 5.41) is 2.67. The maximum Gasteiger partial charge on any atom is 0.407 e. The van der Waals surface area contributed by atoms with Gasteiger partial charge in [-0.2, -0.15) is 0 Å². The minimum atomic E-state index is -0.448. The predicted molar refractivity (Wildman–Crippen MR) is 91.2 cm³/mol. The Bertz CT molecular complexity index is 686. The van der Waals surface area contributed by atoms with E-state index in [-0.39, 0.29) is 12.4 Å². The van der Waals surface area contributed by atoms with Gasteiger partial charge in [0.25, 0.3) is 0 Å². The van der Waals surface area contributed by atoms with Crippen LogP contribution in [0, 0.1) is 5.82 Å². The summed E-state index contributed by atoms with van der Waals surface area (Å²) in [5.74, 6) is -0.183. The molecular formula is C19H20FNO3. The van der Waals surface area contributed by atoms with E-state index < -0.39 is 11.9 Å². The molecule has 5 heteroatoms. The third kappa shape index (κ3) is 5.76. The molecule has 1 N–H and O–H groups in total. The van der Waals surface area contributed by atoms with Crippen LogP contribution in [0.1, 0.15) is 17.5 Å². The number of methoxy groups -OCH3 is 1. The molecule has 0 aliphatic rings. The highest BCUT2D eigenvalue weighted by atomic mass is 19.1. The van der Waals surface area contributed by atoms with E-state index in [0.717, 1.165) is 11.1 Å². The topological polar surface area (TPSA) is 47.6 Å². The fourth-order valence-corrected chi connectivity index (χ4v) is 2.03. The number of carbonyl (C=O) groups is 1. The quantitative estimate of drug-likeness (QED) is 0.776. The van der Waals surface area contributed by atoms with Crippen LogP contribution in [-0.4, -0.2) is 19.7 Å². The molecule has 2 aromatic carbocycles. The molecule has 1 amide bonds. The van der Waals surface area contributed by atoms with Gasteiger partial charge in [0.2, 0.25) is 0 Å². The van der Waals surface area contributed by atoms with E-state index in [0.29, 0.717) is 13.0 Å². The summed E-state index contributed by atoms with van der Waals surface area (Å²) in [7, 11) is 1.43. The number of alkyl carbamates (subject to hydrolysis) is 1. The third-order valence-corrected chi connectivity index (χ3v) is 3.28. The molecule has 24 heavy (non-hydrogen) atoms. The molecule has 126 valence electrons. The molecule has 2 rings (SSSR count). The second-order valence-electron chi connectivity index (χ2n) is 5.07. The van der Waals surface area contributed by atoms with Crippen LogP contribution in [0.3, 0.4) is 0 Å². The number of hydrogen-bond acceptors (Lipinski definition) is 3. The molecule has 0 heterocycles. The Kier molecular flexibility index (Phi) is 6.83. The summed E-state index contributed by atoms with van der Waals surface area (Å²) in [6.07, 6.45) is 3.93. The zero-order chi connectivity index (χ0) is 17.2. The van der Waals surface area contributed by atoms with Gasteiger partial charge in [0.15, 0.2) is 11.6 Å². The van der Waals surface area contributed by atoms with Gasteiger partial charge in [-0.25, -0.2) is 9.18 Å². The van der Waals surface area contributed by atoms with Crippen molar-refractivity contribution in [2.75, 3.05) is 13.7 Å². The Labute approximate surface area is 140 Å². The SMILES string of the molecule is COc1cc(C=CCCNC(=O)OCc2ccccc2)ccc1F. The lowest BCUT2D eigenvalue weighted by Crippen LogP contribution is -2.24. The molecule has 0 atom stereocenters. The van der Waals surface area contributed by atoms with Crippen LogP contribution in [0.2, 0.25) is 0 Å². The molecule has 0 aliphatic heterocycles. The van der Waals surface area contributed by atoms with Crippen molar-refractivity contribution in [2.24, 2.45) is 0 Å². The molecule has 0 bridgehead atoms. The molecule has 2 aromatic rings. The molecule has 0 unspecified atom stereocenters. The number of amides is 1. The molecule has 0 radical (unpaired) electrons. The van der Waals surface area contributed by atoms with Crippen LogP contribution in [0.5, 0.6) is 5.75 Å². The van der Waals surface area contributed by atoms with E-state index in [1.54, 1.807) is 12.1 Å². The Balaban J connectivity index is 1.67. The summed E-state index contributed by atoms with van der Waals surface area (Å²) in [6, 6.07) is 14.1. The van der Waals surface area contributed by atoms with Gasteiger partial charge in [0.05, 0.1) is 7.11 Å². The molecular weight excluding hydrogens is 309 g/mol. The molecule has 4 nitrogen and oxygen atoms in total. The minimum absolute atomic E-state index is 0.208. The molecule has 0 saturated heterocycles. The summed E-state index contributed by atoms with van der Waals surface area (Å²) in [6.45, 7) is 0.709. The van der Waals surface area contributed by atoms with Crippen LogP contribution < -0.4 is 10.1 Å². The number of hydrogen-bond donors (Lipinski definition) is 1. The zero-order valence-corrected chi connectivity index (χ0v) is 13.5. The lowest BCUT2D eigenvalue weighted by molar-refractivity contribution is 0.140. The average molecular weight is 329 g/mol. The predicted octanol–water partition coefficient (Wildman–Crippen LogP) is 4.16. The summed E-state index contributed by atoms with van der Waals surface area (Å²) in [5.41, 5.74) is 1.78. The first-order chi connectivity index (χ1) is 11.7. The maximum atomic E-state index is 13.3. The van der Waals surface area contributed by atoms with Gasteiger partial charge >= 0.3 is 6.09 Å². The minimum Gasteiger partial charge on any atom is -0.494 e. The van der Waals surface area contributed by atoms with Gasteiger partial charge < -0.3 is 14.8 Å². The van der Waals surface area contributed by atoms with E-state index in [1.807, 2.05) is 42.5 Å². The molecule has 0 aliphatic carbocycles. The Morgan fingerprint density at radius 1 is 1.21 bits per heavy atom. The van der Waals surface area contributed by atoms with Gasteiger partial charge in [-0.05, 0) is 29.7 Å². The normalized spacial score (nSPS) is 10.6. The molecule has 0 fully saturated rings. The molecule has 0 saturated carbocycles. The number of carbonyl (C=O) groups excluding carboxylic acids is 1. The van der Waals surface area contributed by atoms with Crippen molar-refractivity contribution in [3.05, 3.63) is 71.6 Å². The maximum absolute atomic E-state index is 13.3. The number of ether oxygens (including phenoxy) is 2. The van der Waals surface area contributed by atoms with Crippen molar-refractivity contribution in [3.8, 4) is 5.75 Å². The Hall–Kier alpha value is -2.82. The van der Waals surface area contributed by atoms with E-state index in [1.165, 1.54) is 13.2 Å².